The maximum absolute atomic E-state index is 11.7. The van der Waals surface area contributed by atoms with E-state index in [-0.39, 0.29) is 6.61 Å². The Morgan fingerprint density at radius 3 is 1.38 bits per heavy atom. The molecule has 1 unspecified atom stereocenters. The maximum Gasteiger partial charge on any atom is 0.341 e. The number of unbranched alkanes of at least 4 members (excludes halogenated alkanes) is 15. The van der Waals surface area contributed by atoms with Crippen molar-refractivity contribution in [3.63, 3.8) is 0 Å². The van der Waals surface area contributed by atoms with Crippen LogP contribution in [-0.4, -0.2) is 33.9 Å². The lowest BCUT2D eigenvalue weighted by atomic mass is 10.0. The molecule has 0 heterocycles. The van der Waals surface area contributed by atoms with Crippen LogP contribution in [0.1, 0.15) is 110 Å². The quantitative estimate of drug-likeness (QED) is 0.114. The summed E-state index contributed by atoms with van der Waals surface area (Å²) in [6, 6.07) is 0. The van der Waals surface area contributed by atoms with Gasteiger partial charge < -0.3 is 19.2 Å². The van der Waals surface area contributed by atoms with Gasteiger partial charge in [0.2, 0.25) is 0 Å². The Labute approximate surface area is 178 Å². The molecule has 0 bridgehead atoms. The Hall–Kier alpha value is 0.260. The van der Waals surface area contributed by atoms with Gasteiger partial charge in [0.05, 0.1) is 19.2 Å². The fraction of sp³-hybridized carbons (Fsp3) is 1.00. The standard InChI is InChI=1S/C20H45NO6P2/c1-2-3-4-5-6-7-8-9-10-11-12-13-14-15-16-17-18-27-29(25,26)20-21-19-28(22,23)24/h21H,2-20H2,1H3,(H,25,26)(H2,22,23,24). The van der Waals surface area contributed by atoms with E-state index in [2.05, 4.69) is 12.2 Å². The Balaban J connectivity index is 3.29. The number of rotatable bonds is 22. The second kappa shape index (κ2) is 19.0. The molecule has 0 fully saturated rings. The molecule has 29 heavy (non-hydrogen) atoms. The van der Waals surface area contributed by atoms with E-state index >= 15 is 0 Å². The van der Waals surface area contributed by atoms with Gasteiger partial charge in [-0.25, -0.2) is 0 Å². The molecule has 0 aromatic rings. The lowest BCUT2D eigenvalue weighted by Crippen LogP contribution is -2.18. The van der Waals surface area contributed by atoms with Crippen molar-refractivity contribution in [2.45, 2.75) is 110 Å². The van der Waals surface area contributed by atoms with Crippen molar-refractivity contribution >= 4 is 15.2 Å². The van der Waals surface area contributed by atoms with Crippen LogP contribution < -0.4 is 5.32 Å². The SMILES string of the molecule is CCCCCCCCCCCCCCCCCCOP(=O)(O)CNCP(=O)(O)O. The molecule has 0 radical (unpaired) electrons. The third-order valence-electron chi connectivity index (χ3n) is 4.92. The average Bonchev–Trinajstić information content (AvgIpc) is 2.63. The van der Waals surface area contributed by atoms with E-state index in [1.165, 1.54) is 83.5 Å². The molecular formula is C20H45NO6P2. The number of nitrogens with one attached hydrogen (secondary N) is 1. The molecule has 0 aliphatic heterocycles. The fourth-order valence-corrected chi connectivity index (χ4v) is 4.72. The molecule has 0 spiro atoms. The summed E-state index contributed by atoms with van der Waals surface area (Å²) in [6.45, 7) is 2.45. The van der Waals surface area contributed by atoms with Gasteiger partial charge in [0.15, 0.2) is 0 Å². The van der Waals surface area contributed by atoms with E-state index < -0.39 is 27.8 Å². The highest BCUT2D eigenvalue weighted by Crippen LogP contribution is 2.41. The molecular weight excluding hydrogens is 412 g/mol. The maximum atomic E-state index is 11.7. The van der Waals surface area contributed by atoms with Crippen LogP contribution in [0, 0.1) is 0 Å². The lowest BCUT2D eigenvalue weighted by molar-refractivity contribution is 0.250. The minimum Gasteiger partial charge on any atom is -0.324 e. The first kappa shape index (κ1) is 29.3. The van der Waals surface area contributed by atoms with Gasteiger partial charge in [-0.2, -0.15) is 0 Å². The Bertz CT molecular complexity index is 458. The molecule has 4 N–H and O–H groups in total. The van der Waals surface area contributed by atoms with E-state index in [0.29, 0.717) is 0 Å². The molecule has 0 aromatic carbocycles. The van der Waals surface area contributed by atoms with Crippen molar-refractivity contribution in [2.75, 3.05) is 19.2 Å². The van der Waals surface area contributed by atoms with Crippen LogP contribution in [0.2, 0.25) is 0 Å². The molecule has 0 saturated heterocycles. The first-order chi connectivity index (χ1) is 13.8. The van der Waals surface area contributed by atoms with Gasteiger partial charge >= 0.3 is 15.2 Å². The summed E-state index contributed by atoms with van der Waals surface area (Å²) in [5.74, 6) is 0. The van der Waals surface area contributed by atoms with Gasteiger partial charge in [-0.3, -0.25) is 14.4 Å². The first-order valence-corrected chi connectivity index (χ1v) is 15.0. The summed E-state index contributed by atoms with van der Waals surface area (Å²) >= 11 is 0. The summed E-state index contributed by atoms with van der Waals surface area (Å²) in [5, 5.41) is 2.27. The molecule has 0 saturated carbocycles. The minimum atomic E-state index is -4.22. The molecule has 7 nitrogen and oxygen atoms in total. The molecule has 9 heteroatoms. The van der Waals surface area contributed by atoms with E-state index in [1.54, 1.807) is 0 Å². The van der Waals surface area contributed by atoms with Crippen molar-refractivity contribution < 1.29 is 28.3 Å². The second-order valence-corrected chi connectivity index (χ2v) is 11.5. The zero-order valence-corrected chi connectivity index (χ0v) is 20.2. The summed E-state index contributed by atoms with van der Waals surface area (Å²) in [4.78, 5) is 26.9. The van der Waals surface area contributed by atoms with Gasteiger partial charge in [0.25, 0.3) is 0 Å². The molecule has 0 rings (SSSR count). The van der Waals surface area contributed by atoms with Crippen LogP contribution in [0.5, 0.6) is 0 Å². The van der Waals surface area contributed by atoms with Crippen molar-refractivity contribution in [3.8, 4) is 0 Å². The number of hydrogen-bond acceptors (Lipinski definition) is 4. The highest BCUT2D eigenvalue weighted by Gasteiger charge is 2.21. The lowest BCUT2D eigenvalue weighted by Gasteiger charge is -2.13. The molecule has 176 valence electrons. The zero-order valence-electron chi connectivity index (χ0n) is 18.4. The zero-order chi connectivity index (χ0) is 21.8. The van der Waals surface area contributed by atoms with Crippen molar-refractivity contribution in [2.24, 2.45) is 0 Å². The van der Waals surface area contributed by atoms with Crippen molar-refractivity contribution in [1.82, 2.24) is 5.32 Å². The molecule has 1 atom stereocenters. The largest absolute Gasteiger partial charge is 0.341 e. The van der Waals surface area contributed by atoms with Crippen molar-refractivity contribution in [1.29, 1.82) is 0 Å². The number of hydrogen-bond donors (Lipinski definition) is 4. The minimum absolute atomic E-state index is 0.198. The molecule has 0 aliphatic rings. The summed E-state index contributed by atoms with van der Waals surface area (Å²) in [6.07, 6.45) is 19.2. The smallest absolute Gasteiger partial charge is 0.324 e. The normalized spacial score (nSPS) is 14.2. The highest BCUT2D eigenvalue weighted by atomic mass is 31.2. The second-order valence-electron chi connectivity index (χ2n) is 8.00. The van der Waals surface area contributed by atoms with E-state index in [1.807, 2.05) is 0 Å². The van der Waals surface area contributed by atoms with E-state index in [9.17, 15) is 14.0 Å². The topological polar surface area (TPSA) is 116 Å². The summed E-state index contributed by atoms with van der Waals surface area (Å²) in [7, 11) is -8.04. The third kappa shape index (κ3) is 24.4. The third-order valence-corrected chi connectivity index (χ3v) is 6.77. The average molecular weight is 458 g/mol. The van der Waals surface area contributed by atoms with Crippen molar-refractivity contribution in [3.05, 3.63) is 0 Å². The van der Waals surface area contributed by atoms with Crippen LogP contribution in [0.15, 0.2) is 0 Å². The summed E-state index contributed by atoms with van der Waals surface area (Å²) < 4.78 is 27.3. The van der Waals surface area contributed by atoms with Gasteiger partial charge in [0.1, 0.15) is 0 Å². The molecule has 0 aromatic heterocycles. The van der Waals surface area contributed by atoms with Crippen LogP contribution in [0.4, 0.5) is 0 Å². The van der Waals surface area contributed by atoms with Gasteiger partial charge in [0, 0.05) is 0 Å². The van der Waals surface area contributed by atoms with Crippen LogP contribution in [-0.2, 0) is 13.7 Å². The predicted octanol–water partition coefficient (Wildman–Crippen LogP) is 6.13. The highest BCUT2D eigenvalue weighted by molar-refractivity contribution is 7.53. The Morgan fingerprint density at radius 1 is 0.621 bits per heavy atom. The van der Waals surface area contributed by atoms with E-state index in [4.69, 9.17) is 14.3 Å². The van der Waals surface area contributed by atoms with E-state index in [0.717, 1.165) is 19.3 Å². The van der Waals surface area contributed by atoms with Gasteiger partial charge in [-0.05, 0) is 6.42 Å². The van der Waals surface area contributed by atoms with Gasteiger partial charge in [-0.15, -0.1) is 0 Å². The molecule has 0 amide bonds. The summed E-state index contributed by atoms with van der Waals surface area (Å²) in [5.41, 5.74) is 0. The van der Waals surface area contributed by atoms with Crippen LogP contribution >= 0.6 is 15.2 Å². The van der Waals surface area contributed by atoms with Crippen LogP contribution in [0.3, 0.4) is 0 Å². The molecule has 0 aliphatic carbocycles. The monoisotopic (exact) mass is 457 g/mol. The first-order valence-electron chi connectivity index (χ1n) is 11.5. The fourth-order valence-electron chi connectivity index (χ4n) is 3.24. The Morgan fingerprint density at radius 2 is 1.00 bits per heavy atom. The van der Waals surface area contributed by atoms with Gasteiger partial charge in [-0.1, -0.05) is 103 Å². The Kier molecular flexibility index (Phi) is 19.2. The van der Waals surface area contributed by atoms with Crippen LogP contribution in [0.25, 0.3) is 0 Å². The predicted molar refractivity (Wildman–Crippen MR) is 120 cm³/mol.